The Balaban J connectivity index is 2.00. The van der Waals surface area contributed by atoms with Gasteiger partial charge in [0.25, 0.3) is 0 Å². The zero-order valence-electron chi connectivity index (χ0n) is 11.0. The molecule has 0 bridgehead atoms. The van der Waals surface area contributed by atoms with E-state index in [0.717, 1.165) is 31.6 Å². The van der Waals surface area contributed by atoms with Crippen molar-refractivity contribution in [3.8, 4) is 6.07 Å². The van der Waals surface area contributed by atoms with E-state index in [2.05, 4.69) is 16.0 Å². The van der Waals surface area contributed by atoms with Crippen molar-refractivity contribution in [3.05, 3.63) is 24.0 Å². The predicted molar refractivity (Wildman–Crippen MR) is 70.5 cm³/mol. The smallest absolute Gasteiger partial charge is 0.309 e. The maximum Gasteiger partial charge on any atom is 0.309 e. The van der Waals surface area contributed by atoms with Gasteiger partial charge in [0, 0.05) is 19.3 Å². The normalized spacial score (nSPS) is 15.9. The Morgan fingerprint density at radius 2 is 2.32 bits per heavy atom. The number of aromatic nitrogens is 1. The molecule has 1 fully saturated rings. The molecule has 1 aromatic heterocycles. The predicted octanol–water partition coefficient (Wildman–Crippen LogP) is 1.73. The van der Waals surface area contributed by atoms with E-state index in [4.69, 9.17) is 10.00 Å². The lowest BCUT2D eigenvalue weighted by Gasteiger charge is -2.32. The second kappa shape index (κ2) is 6.19. The first kappa shape index (κ1) is 13.3. The number of pyridine rings is 1. The fourth-order valence-corrected chi connectivity index (χ4v) is 2.35. The minimum Gasteiger partial charge on any atom is -0.466 e. The van der Waals surface area contributed by atoms with E-state index in [1.807, 2.05) is 19.1 Å². The van der Waals surface area contributed by atoms with Gasteiger partial charge in [0.05, 0.1) is 18.2 Å². The SMILES string of the molecule is CCOC(=O)C1CCN(c2cccnc2C#N)CC1. The number of anilines is 1. The maximum absolute atomic E-state index is 11.7. The van der Waals surface area contributed by atoms with E-state index in [1.54, 1.807) is 6.20 Å². The third-order valence-corrected chi connectivity index (χ3v) is 3.35. The third-order valence-electron chi connectivity index (χ3n) is 3.35. The second-order valence-electron chi connectivity index (χ2n) is 4.50. The summed E-state index contributed by atoms with van der Waals surface area (Å²) in [4.78, 5) is 17.8. The Kier molecular flexibility index (Phi) is 4.35. The lowest BCUT2D eigenvalue weighted by molar-refractivity contribution is -0.148. The van der Waals surface area contributed by atoms with Crippen LogP contribution in [0.25, 0.3) is 0 Å². The van der Waals surface area contributed by atoms with Crippen LogP contribution in [-0.4, -0.2) is 30.6 Å². The maximum atomic E-state index is 11.7. The molecule has 0 aliphatic carbocycles. The van der Waals surface area contributed by atoms with E-state index in [1.165, 1.54) is 0 Å². The Labute approximate surface area is 112 Å². The Hall–Kier alpha value is -2.09. The molecule has 0 unspecified atom stereocenters. The average molecular weight is 259 g/mol. The van der Waals surface area contributed by atoms with Crippen LogP contribution < -0.4 is 4.90 Å². The molecule has 1 aromatic rings. The molecule has 1 aliphatic rings. The zero-order chi connectivity index (χ0) is 13.7. The summed E-state index contributed by atoms with van der Waals surface area (Å²) < 4.78 is 5.05. The topological polar surface area (TPSA) is 66.2 Å². The van der Waals surface area contributed by atoms with Crippen LogP contribution in [0.5, 0.6) is 0 Å². The fraction of sp³-hybridized carbons (Fsp3) is 0.500. The number of piperidine rings is 1. The number of ether oxygens (including phenoxy) is 1. The van der Waals surface area contributed by atoms with Gasteiger partial charge in [-0.1, -0.05) is 0 Å². The van der Waals surface area contributed by atoms with Gasteiger partial charge in [-0.15, -0.1) is 0 Å². The van der Waals surface area contributed by atoms with Gasteiger partial charge in [0.15, 0.2) is 5.69 Å². The number of nitrogens with zero attached hydrogens (tertiary/aromatic N) is 3. The summed E-state index contributed by atoms with van der Waals surface area (Å²) in [6, 6.07) is 5.83. The molecule has 5 nitrogen and oxygen atoms in total. The molecule has 2 heterocycles. The molecular formula is C14H17N3O2. The van der Waals surface area contributed by atoms with E-state index >= 15 is 0 Å². The quantitative estimate of drug-likeness (QED) is 0.773. The molecule has 0 amide bonds. The summed E-state index contributed by atoms with van der Waals surface area (Å²) in [5.41, 5.74) is 1.30. The molecule has 1 saturated heterocycles. The van der Waals surface area contributed by atoms with E-state index in [0.29, 0.717) is 12.3 Å². The highest BCUT2D eigenvalue weighted by Crippen LogP contribution is 2.25. The van der Waals surface area contributed by atoms with Crippen LogP contribution in [0.1, 0.15) is 25.5 Å². The number of nitriles is 1. The minimum atomic E-state index is -0.103. The Morgan fingerprint density at radius 1 is 1.58 bits per heavy atom. The molecule has 0 atom stereocenters. The Morgan fingerprint density at radius 3 is 2.95 bits per heavy atom. The van der Waals surface area contributed by atoms with Crippen molar-refractivity contribution in [1.82, 2.24) is 4.98 Å². The van der Waals surface area contributed by atoms with Crippen molar-refractivity contribution in [3.63, 3.8) is 0 Å². The Bertz CT molecular complexity index is 488. The van der Waals surface area contributed by atoms with Gasteiger partial charge in [0.2, 0.25) is 0 Å². The van der Waals surface area contributed by atoms with Crippen molar-refractivity contribution in [2.45, 2.75) is 19.8 Å². The summed E-state index contributed by atoms with van der Waals surface area (Å²) >= 11 is 0. The molecule has 0 N–H and O–H groups in total. The molecular weight excluding hydrogens is 242 g/mol. The molecule has 100 valence electrons. The van der Waals surface area contributed by atoms with Crippen LogP contribution >= 0.6 is 0 Å². The van der Waals surface area contributed by atoms with Crippen molar-refractivity contribution < 1.29 is 9.53 Å². The highest BCUT2D eigenvalue weighted by molar-refractivity contribution is 5.73. The summed E-state index contributed by atoms with van der Waals surface area (Å²) in [5.74, 6) is -0.118. The van der Waals surface area contributed by atoms with Crippen LogP contribution in [-0.2, 0) is 9.53 Å². The number of hydrogen-bond acceptors (Lipinski definition) is 5. The van der Waals surface area contributed by atoms with Gasteiger partial charge in [-0.3, -0.25) is 4.79 Å². The summed E-state index contributed by atoms with van der Waals surface area (Å²) in [7, 11) is 0. The summed E-state index contributed by atoms with van der Waals surface area (Å²) in [6.07, 6.45) is 3.14. The van der Waals surface area contributed by atoms with Crippen molar-refractivity contribution in [1.29, 1.82) is 5.26 Å². The molecule has 19 heavy (non-hydrogen) atoms. The largest absolute Gasteiger partial charge is 0.466 e. The zero-order valence-corrected chi connectivity index (χ0v) is 11.0. The molecule has 1 aliphatic heterocycles. The van der Waals surface area contributed by atoms with Gasteiger partial charge < -0.3 is 9.64 Å². The van der Waals surface area contributed by atoms with Crippen LogP contribution in [0.4, 0.5) is 5.69 Å². The minimum absolute atomic E-state index is 0.0154. The first-order valence-electron chi connectivity index (χ1n) is 6.53. The molecule has 0 spiro atoms. The number of carbonyl (C=O) groups is 1. The van der Waals surface area contributed by atoms with E-state index < -0.39 is 0 Å². The van der Waals surface area contributed by atoms with E-state index in [-0.39, 0.29) is 11.9 Å². The molecule has 0 aromatic carbocycles. The third kappa shape index (κ3) is 3.02. The first-order valence-corrected chi connectivity index (χ1v) is 6.53. The first-order chi connectivity index (χ1) is 9.26. The molecule has 0 radical (unpaired) electrons. The second-order valence-corrected chi connectivity index (χ2v) is 4.50. The highest BCUT2D eigenvalue weighted by atomic mass is 16.5. The number of rotatable bonds is 3. The van der Waals surface area contributed by atoms with Crippen LogP contribution in [0.2, 0.25) is 0 Å². The number of hydrogen-bond donors (Lipinski definition) is 0. The van der Waals surface area contributed by atoms with Crippen molar-refractivity contribution in [2.75, 3.05) is 24.6 Å². The molecule has 5 heteroatoms. The summed E-state index contributed by atoms with van der Waals surface area (Å²) in [5, 5.41) is 9.05. The lowest BCUT2D eigenvalue weighted by atomic mass is 9.96. The lowest BCUT2D eigenvalue weighted by Crippen LogP contribution is -2.37. The average Bonchev–Trinajstić information content (AvgIpc) is 2.47. The van der Waals surface area contributed by atoms with Crippen LogP contribution in [0, 0.1) is 17.2 Å². The van der Waals surface area contributed by atoms with Gasteiger partial charge in [0.1, 0.15) is 6.07 Å². The fourth-order valence-electron chi connectivity index (χ4n) is 2.35. The summed E-state index contributed by atoms with van der Waals surface area (Å²) in [6.45, 7) is 3.76. The van der Waals surface area contributed by atoms with Crippen LogP contribution in [0.15, 0.2) is 18.3 Å². The van der Waals surface area contributed by atoms with Crippen molar-refractivity contribution >= 4 is 11.7 Å². The van der Waals surface area contributed by atoms with Gasteiger partial charge >= 0.3 is 5.97 Å². The highest BCUT2D eigenvalue weighted by Gasteiger charge is 2.27. The monoisotopic (exact) mass is 259 g/mol. The van der Waals surface area contributed by atoms with Crippen molar-refractivity contribution in [2.24, 2.45) is 5.92 Å². The van der Waals surface area contributed by atoms with Gasteiger partial charge in [-0.25, -0.2) is 4.98 Å². The van der Waals surface area contributed by atoms with Gasteiger partial charge in [-0.2, -0.15) is 5.26 Å². The van der Waals surface area contributed by atoms with Gasteiger partial charge in [-0.05, 0) is 31.9 Å². The van der Waals surface area contributed by atoms with E-state index in [9.17, 15) is 4.79 Å². The number of esters is 1. The molecule has 2 rings (SSSR count). The standard InChI is InChI=1S/C14H17N3O2/c1-2-19-14(18)11-5-8-17(9-6-11)13-4-3-7-16-12(13)10-15/h3-4,7,11H,2,5-6,8-9H2,1H3. The van der Waals surface area contributed by atoms with Crippen LogP contribution in [0.3, 0.4) is 0 Å². The number of carbonyl (C=O) groups excluding carboxylic acids is 1. The molecule has 0 saturated carbocycles.